The SMILES string of the molecule is C=C/C(C)=C(\C=C)CNC.C=C/C=C(\C=C)CN(C)CCCC. The molecule has 0 aliphatic carbocycles. The first-order chi connectivity index (χ1) is 11.0. The number of allylic oxidation sites excluding steroid dienone is 4. The minimum absolute atomic E-state index is 0.862. The molecule has 0 aliphatic heterocycles. The van der Waals surface area contributed by atoms with Gasteiger partial charge in [0.25, 0.3) is 0 Å². The van der Waals surface area contributed by atoms with Crippen LogP contribution in [0.2, 0.25) is 0 Å². The Labute approximate surface area is 144 Å². The summed E-state index contributed by atoms with van der Waals surface area (Å²) in [6.07, 6.45) is 11.9. The van der Waals surface area contributed by atoms with E-state index in [4.69, 9.17) is 0 Å². The molecule has 0 aromatic rings. The van der Waals surface area contributed by atoms with Crippen molar-refractivity contribution in [1.82, 2.24) is 10.2 Å². The van der Waals surface area contributed by atoms with Gasteiger partial charge in [0.1, 0.15) is 0 Å². The van der Waals surface area contributed by atoms with Crippen LogP contribution in [-0.4, -0.2) is 38.6 Å². The Balaban J connectivity index is 0. The van der Waals surface area contributed by atoms with Gasteiger partial charge in [-0.3, -0.25) is 0 Å². The van der Waals surface area contributed by atoms with Crippen molar-refractivity contribution >= 4 is 0 Å². The van der Waals surface area contributed by atoms with Gasteiger partial charge in [-0.1, -0.05) is 70.0 Å². The molecule has 0 aromatic heterocycles. The smallest absolute Gasteiger partial charge is 0.0230 e. The van der Waals surface area contributed by atoms with Crippen LogP contribution in [0.5, 0.6) is 0 Å². The fourth-order valence-corrected chi connectivity index (χ4v) is 1.85. The third-order valence-electron chi connectivity index (χ3n) is 3.37. The first-order valence-corrected chi connectivity index (χ1v) is 8.22. The molecule has 0 aromatic carbocycles. The molecule has 2 heteroatoms. The van der Waals surface area contributed by atoms with E-state index in [9.17, 15) is 0 Å². The molecule has 0 rings (SSSR count). The second kappa shape index (κ2) is 16.7. The average molecular weight is 317 g/mol. The fourth-order valence-electron chi connectivity index (χ4n) is 1.85. The summed E-state index contributed by atoms with van der Waals surface area (Å²) < 4.78 is 0. The van der Waals surface area contributed by atoms with Crippen LogP contribution in [0.1, 0.15) is 26.7 Å². The maximum atomic E-state index is 3.77. The molecule has 0 atom stereocenters. The van der Waals surface area contributed by atoms with E-state index in [1.807, 2.05) is 44.4 Å². The average Bonchev–Trinajstić information content (AvgIpc) is 2.57. The Kier molecular flexibility index (Phi) is 17.2. The topological polar surface area (TPSA) is 15.3 Å². The summed E-state index contributed by atoms with van der Waals surface area (Å²) in [6, 6.07) is 0. The third kappa shape index (κ3) is 13.7. The van der Waals surface area contributed by atoms with Crippen molar-refractivity contribution in [2.45, 2.75) is 26.7 Å². The van der Waals surface area contributed by atoms with Crippen molar-refractivity contribution in [2.24, 2.45) is 0 Å². The van der Waals surface area contributed by atoms with Gasteiger partial charge in [-0.25, -0.2) is 0 Å². The van der Waals surface area contributed by atoms with Crippen LogP contribution in [0.3, 0.4) is 0 Å². The molecular formula is C21H36N2. The first kappa shape index (κ1) is 23.6. The predicted molar refractivity (Wildman–Crippen MR) is 108 cm³/mol. The van der Waals surface area contributed by atoms with Gasteiger partial charge in [0.15, 0.2) is 0 Å². The van der Waals surface area contributed by atoms with E-state index in [2.05, 4.69) is 50.5 Å². The Morgan fingerprint density at radius 3 is 2.13 bits per heavy atom. The van der Waals surface area contributed by atoms with Gasteiger partial charge in [-0.15, -0.1) is 0 Å². The van der Waals surface area contributed by atoms with Crippen LogP contribution in [0.15, 0.2) is 73.4 Å². The standard InChI is InChI=1S/C12H21N.C9H15N/c1-5-8-10-13(4)11-12(7-3)9-6-2;1-5-8(3)9(6-2)7-10-4/h6-7,9H,2-3,5,8,10-11H2,1,4H3;5-6,10H,1-2,7H2,3-4H3/b12-9+;9-8+. The Hall–Kier alpha value is -1.64. The molecule has 0 bridgehead atoms. The van der Waals surface area contributed by atoms with Crippen LogP contribution in [0, 0.1) is 0 Å². The highest BCUT2D eigenvalue weighted by Gasteiger charge is 1.98. The summed E-state index contributed by atoms with van der Waals surface area (Å²) in [5.74, 6) is 0. The van der Waals surface area contributed by atoms with Gasteiger partial charge in [-0.2, -0.15) is 0 Å². The zero-order valence-corrected chi connectivity index (χ0v) is 15.7. The quantitative estimate of drug-likeness (QED) is 0.545. The van der Waals surface area contributed by atoms with Crippen LogP contribution >= 0.6 is 0 Å². The highest BCUT2D eigenvalue weighted by atomic mass is 15.1. The van der Waals surface area contributed by atoms with Crippen molar-refractivity contribution in [3.05, 3.63) is 73.4 Å². The lowest BCUT2D eigenvalue weighted by Crippen LogP contribution is -2.21. The number of nitrogens with zero attached hydrogens (tertiary/aromatic N) is 1. The summed E-state index contributed by atoms with van der Waals surface area (Å²) in [6.45, 7) is 22.0. The minimum Gasteiger partial charge on any atom is -0.316 e. The number of hydrogen-bond acceptors (Lipinski definition) is 2. The van der Waals surface area contributed by atoms with E-state index in [1.54, 1.807) is 0 Å². The van der Waals surface area contributed by atoms with E-state index in [1.165, 1.54) is 29.6 Å². The molecule has 0 unspecified atom stereocenters. The molecule has 0 saturated carbocycles. The zero-order valence-electron chi connectivity index (χ0n) is 15.7. The molecule has 23 heavy (non-hydrogen) atoms. The summed E-state index contributed by atoms with van der Waals surface area (Å²) in [5.41, 5.74) is 3.62. The lowest BCUT2D eigenvalue weighted by atomic mass is 10.1. The fraction of sp³-hybridized carbons (Fsp3) is 0.429. The Morgan fingerprint density at radius 2 is 1.74 bits per heavy atom. The van der Waals surface area contributed by atoms with Gasteiger partial charge in [-0.05, 0) is 50.7 Å². The largest absolute Gasteiger partial charge is 0.316 e. The number of hydrogen-bond donors (Lipinski definition) is 1. The van der Waals surface area contributed by atoms with Gasteiger partial charge >= 0.3 is 0 Å². The van der Waals surface area contributed by atoms with Crippen molar-refractivity contribution in [3.63, 3.8) is 0 Å². The van der Waals surface area contributed by atoms with Gasteiger partial charge in [0.2, 0.25) is 0 Å². The van der Waals surface area contributed by atoms with Crippen molar-refractivity contribution < 1.29 is 0 Å². The molecule has 0 amide bonds. The van der Waals surface area contributed by atoms with Gasteiger partial charge in [0, 0.05) is 13.1 Å². The molecule has 0 fully saturated rings. The number of rotatable bonds is 11. The van der Waals surface area contributed by atoms with E-state index in [0.717, 1.165) is 19.6 Å². The van der Waals surface area contributed by atoms with Gasteiger partial charge in [0.05, 0.1) is 0 Å². The van der Waals surface area contributed by atoms with E-state index >= 15 is 0 Å². The van der Waals surface area contributed by atoms with Crippen LogP contribution < -0.4 is 5.32 Å². The molecule has 0 aliphatic rings. The third-order valence-corrected chi connectivity index (χ3v) is 3.37. The van der Waals surface area contributed by atoms with E-state index in [-0.39, 0.29) is 0 Å². The lowest BCUT2D eigenvalue weighted by Gasteiger charge is -2.16. The zero-order chi connectivity index (χ0) is 18.1. The normalized spacial score (nSPS) is 12.0. The predicted octanol–water partition coefficient (Wildman–Crippen LogP) is 4.91. The summed E-state index contributed by atoms with van der Waals surface area (Å²) >= 11 is 0. The van der Waals surface area contributed by atoms with Crippen LogP contribution in [0.4, 0.5) is 0 Å². The monoisotopic (exact) mass is 316 g/mol. The van der Waals surface area contributed by atoms with Crippen molar-refractivity contribution in [3.8, 4) is 0 Å². The molecule has 0 spiro atoms. The Morgan fingerprint density at radius 1 is 1.09 bits per heavy atom. The van der Waals surface area contributed by atoms with E-state index in [0.29, 0.717) is 0 Å². The highest BCUT2D eigenvalue weighted by Crippen LogP contribution is 2.04. The molecule has 0 radical (unpaired) electrons. The summed E-state index contributed by atoms with van der Waals surface area (Å²) in [7, 11) is 4.05. The summed E-state index contributed by atoms with van der Waals surface area (Å²) in [5, 5.41) is 3.06. The molecule has 0 saturated heterocycles. The number of unbranched alkanes of at least 4 members (excludes halogenated alkanes) is 1. The first-order valence-electron chi connectivity index (χ1n) is 8.22. The second-order valence-corrected chi connectivity index (χ2v) is 5.42. The van der Waals surface area contributed by atoms with Crippen molar-refractivity contribution in [2.75, 3.05) is 33.7 Å². The Bertz CT molecular complexity index is 414. The minimum atomic E-state index is 0.862. The molecule has 2 nitrogen and oxygen atoms in total. The number of likely N-dealkylation sites (N-methyl/N-ethyl adjacent to an activating group) is 2. The highest BCUT2D eigenvalue weighted by molar-refractivity contribution is 5.30. The van der Waals surface area contributed by atoms with Gasteiger partial charge < -0.3 is 10.2 Å². The van der Waals surface area contributed by atoms with Crippen LogP contribution in [-0.2, 0) is 0 Å². The number of nitrogens with one attached hydrogen (secondary N) is 1. The van der Waals surface area contributed by atoms with Crippen molar-refractivity contribution in [1.29, 1.82) is 0 Å². The summed E-state index contributed by atoms with van der Waals surface area (Å²) in [4.78, 5) is 2.31. The molecule has 130 valence electrons. The second-order valence-electron chi connectivity index (χ2n) is 5.42. The maximum absolute atomic E-state index is 3.77. The molecule has 1 N–H and O–H groups in total. The van der Waals surface area contributed by atoms with E-state index < -0.39 is 0 Å². The van der Waals surface area contributed by atoms with Crippen LogP contribution in [0.25, 0.3) is 0 Å². The molecular weight excluding hydrogens is 280 g/mol. The lowest BCUT2D eigenvalue weighted by molar-refractivity contribution is 0.357. The molecule has 0 heterocycles. The maximum Gasteiger partial charge on any atom is 0.0230 e.